The van der Waals surface area contributed by atoms with Gasteiger partial charge in [-0.1, -0.05) is 32.0 Å². The third-order valence-electron chi connectivity index (χ3n) is 2.93. The summed E-state index contributed by atoms with van der Waals surface area (Å²) in [7, 11) is 0. The van der Waals surface area contributed by atoms with Gasteiger partial charge in [0.25, 0.3) is 5.56 Å². The standard InChI is InChI=1S/C14H16FN3O/c1-8(2)12-13(16)17-11(18-14(12)19)7-9-5-3-4-6-10(9)15/h3-6,8H,7H2,1-2H3,(H3,16,17,18,19). The molecule has 0 bridgehead atoms. The Hall–Kier alpha value is -2.17. The van der Waals surface area contributed by atoms with E-state index in [0.717, 1.165) is 0 Å². The number of hydrogen-bond acceptors (Lipinski definition) is 3. The number of nitrogen functional groups attached to an aromatic ring is 1. The van der Waals surface area contributed by atoms with Crippen molar-refractivity contribution < 1.29 is 4.39 Å². The quantitative estimate of drug-likeness (QED) is 0.889. The fraction of sp³-hybridized carbons (Fsp3) is 0.286. The van der Waals surface area contributed by atoms with E-state index < -0.39 is 0 Å². The highest BCUT2D eigenvalue weighted by atomic mass is 19.1. The fourth-order valence-electron chi connectivity index (χ4n) is 2.01. The monoisotopic (exact) mass is 261 g/mol. The van der Waals surface area contributed by atoms with Crippen LogP contribution in [0, 0.1) is 5.82 Å². The number of nitrogens with zero attached hydrogens (tertiary/aromatic N) is 1. The SMILES string of the molecule is CC(C)c1c(N)nc(Cc2ccccc2F)[nH]c1=O. The average molecular weight is 261 g/mol. The fourth-order valence-corrected chi connectivity index (χ4v) is 2.01. The van der Waals surface area contributed by atoms with E-state index in [0.29, 0.717) is 17.0 Å². The second-order valence-corrected chi connectivity index (χ2v) is 4.73. The van der Waals surface area contributed by atoms with Crippen molar-refractivity contribution in [1.29, 1.82) is 0 Å². The first kappa shape index (κ1) is 13.3. The molecular formula is C14H16FN3O. The third kappa shape index (κ3) is 2.81. The van der Waals surface area contributed by atoms with Crippen molar-refractivity contribution >= 4 is 5.82 Å². The van der Waals surface area contributed by atoms with E-state index in [1.165, 1.54) is 6.07 Å². The number of aromatic nitrogens is 2. The summed E-state index contributed by atoms with van der Waals surface area (Å²) in [5.74, 6) is 0.262. The summed E-state index contributed by atoms with van der Waals surface area (Å²) >= 11 is 0. The molecule has 4 nitrogen and oxygen atoms in total. The largest absolute Gasteiger partial charge is 0.383 e. The molecule has 1 heterocycles. The third-order valence-corrected chi connectivity index (χ3v) is 2.93. The Morgan fingerprint density at radius 2 is 2.05 bits per heavy atom. The molecule has 0 aliphatic carbocycles. The Balaban J connectivity index is 2.38. The van der Waals surface area contributed by atoms with Crippen LogP contribution in [0.5, 0.6) is 0 Å². The van der Waals surface area contributed by atoms with Gasteiger partial charge in [0, 0.05) is 6.42 Å². The number of hydrogen-bond donors (Lipinski definition) is 2. The van der Waals surface area contributed by atoms with Gasteiger partial charge in [-0.25, -0.2) is 9.37 Å². The van der Waals surface area contributed by atoms with Crippen LogP contribution in [-0.4, -0.2) is 9.97 Å². The molecule has 5 heteroatoms. The van der Waals surface area contributed by atoms with E-state index in [4.69, 9.17) is 5.73 Å². The van der Waals surface area contributed by atoms with Crippen LogP contribution in [-0.2, 0) is 6.42 Å². The molecule has 0 unspecified atom stereocenters. The molecule has 0 aliphatic heterocycles. The molecule has 1 aromatic carbocycles. The molecule has 0 saturated heterocycles. The van der Waals surface area contributed by atoms with Crippen molar-refractivity contribution in [2.75, 3.05) is 5.73 Å². The Kier molecular flexibility index (Phi) is 3.64. The van der Waals surface area contributed by atoms with Gasteiger partial charge in [-0.15, -0.1) is 0 Å². The smallest absolute Gasteiger partial charge is 0.256 e. The number of halogens is 1. The van der Waals surface area contributed by atoms with Crippen molar-refractivity contribution in [2.24, 2.45) is 0 Å². The van der Waals surface area contributed by atoms with Gasteiger partial charge in [0.15, 0.2) is 0 Å². The van der Waals surface area contributed by atoms with E-state index in [1.807, 2.05) is 13.8 Å². The summed E-state index contributed by atoms with van der Waals surface area (Å²) in [6.45, 7) is 3.75. The second kappa shape index (κ2) is 5.22. The van der Waals surface area contributed by atoms with Crippen molar-refractivity contribution in [1.82, 2.24) is 9.97 Å². The van der Waals surface area contributed by atoms with Crippen LogP contribution in [0.1, 0.15) is 36.7 Å². The summed E-state index contributed by atoms with van der Waals surface area (Å²) in [4.78, 5) is 18.7. The topological polar surface area (TPSA) is 71.8 Å². The summed E-state index contributed by atoms with van der Waals surface area (Å²) in [6.07, 6.45) is 0.213. The van der Waals surface area contributed by atoms with Gasteiger partial charge >= 0.3 is 0 Å². The highest BCUT2D eigenvalue weighted by molar-refractivity contribution is 5.40. The number of benzene rings is 1. The lowest BCUT2D eigenvalue weighted by Crippen LogP contribution is -2.21. The summed E-state index contributed by atoms with van der Waals surface area (Å²) in [6, 6.07) is 6.38. The van der Waals surface area contributed by atoms with Crippen LogP contribution < -0.4 is 11.3 Å². The Morgan fingerprint density at radius 3 is 2.63 bits per heavy atom. The number of aromatic amines is 1. The van der Waals surface area contributed by atoms with Gasteiger partial charge in [-0.2, -0.15) is 0 Å². The Bertz CT molecular complexity index is 649. The first-order valence-corrected chi connectivity index (χ1v) is 6.11. The second-order valence-electron chi connectivity index (χ2n) is 4.73. The highest BCUT2D eigenvalue weighted by Crippen LogP contribution is 2.16. The molecule has 2 aromatic rings. The van der Waals surface area contributed by atoms with Crippen molar-refractivity contribution in [3.05, 3.63) is 57.4 Å². The molecule has 0 atom stereocenters. The molecule has 19 heavy (non-hydrogen) atoms. The number of rotatable bonds is 3. The summed E-state index contributed by atoms with van der Waals surface area (Å²) in [5.41, 5.74) is 6.48. The number of nitrogens with two attached hydrogens (primary N) is 1. The highest BCUT2D eigenvalue weighted by Gasteiger charge is 2.13. The number of nitrogens with one attached hydrogen (secondary N) is 1. The molecule has 0 aliphatic rings. The maximum absolute atomic E-state index is 13.5. The van der Waals surface area contributed by atoms with Gasteiger partial charge in [0.1, 0.15) is 17.5 Å². The van der Waals surface area contributed by atoms with Gasteiger partial charge in [0.2, 0.25) is 0 Å². The predicted octanol–water partition coefficient (Wildman–Crippen LogP) is 2.21. The van der Waals surface area contributed by atoms with Gasteiger partial charge in [0.05, 0.1) is 5.56 Å². The zero-order valence-corrected chi connectivity index (χ0v) is 10.9. The normalized spacial score (nSPS) is 10.9. The number of H-pyrrole nitrogens is 1. The Labute approximate surface area is 110 Å². The minimum absolute atomic E-state index is 0.00115. The zero-order valence-electron chi connectivity index (χ0n) is 10.9. The van der Waals surface area contributed by atoms with Crippen LogP contribution in [0.2, 0.25) is 0 Å². The lowest BCUT2D eigenvalue weighted by atomic mass is 10.1. The van der Waals surface area contributed by atoms with E-state index in [-0.39, 0.29) is 29.5 Å². The molecule has 0 radical (unpaired) electrons. The van der Waals surface area contributed by atoms with Crippen LogP contribution in [0.3, 0.4) is 0 Å². The summed E-state index contributed by atoms with van der Waals surface area (Å²) < 4.78 is 13.5. The number of anilines is 1. The molecular weight excluding hydrogens is 245 g/mol. The van der Waals surface area contributed by atoms with E-state index >= 15 is 0 Å². The lowest BCUT2D eigenvalue weighted by molar-refractivity contribution is 0.612. The lowest BCUT2D eigenvalue weighted by Gasteiger charge is -2.09. The van der Waals surface area contributed by atoms with Gasteiger partial charge in [-0.05, 0) is 17.5 Å². The van der Waals surface area contributed by atoms with E-state index in [2.05, 4.69) is 9.97 Å². The molecule has 0 fully saturated rings. The van der Waals surface area contributed by atoms with Gasteiger partial charge in [-0.3, -0.25) is 4.79 Å². The minimum atomic E-state index is -0.323. The van der Waals surface area contributed by atoms with Crippen LogP contribution in [0.15, 0.2) is 29.1 Å². The van der Waals surface area contributed by atoms with Crippen LogP contribution >= 0.6 is 0 Å². The molecule has 3 N–H and O–H groups in total. The zero-order chi connectivity index (χ0) is 14.0. The summed E-state index contributed by atoms with van der Waals surface area (Å²) in [5, 5.41) is 0. The molecule has 0 saturated carbocycles. The predicted molar refractivity (Wildman–Crippen MR) is 72.6 cm³/mol. The molecule has 1 aromatic heterocycles. The van der Waals surface area contributed by atoms with Crippen molar-refractivity contribution in [3.63, 3.8) is 0 Å². The van der Waals surface area contributed by atoms with Crippen molar-refractivity contribution in [2.45, 2.75) is 26.2 Å². The van der Waals surface area contributed by atoms with Crippen molar-refractivity contribution in [3.8, 4) is 0 Å². The van der Waals surface area contributed by atoms with Crippen LogP contribution in [0.4, 0.5) is 10.2 Å². The van der Waals surface area contributed by atoms with E-state index in [1.54, 1.807) is 18.2 Å². The Morgan fingerprint density at radius 1 is 1.37 bits per heavy atom. The molecule has 0 amide bonds. The molecule has 2 rings (SSSR count). The van der Waals surface area contributed by atoms with Gasteiger partial charge < -0.3 is 10.7 Å². The average Bonchev–Trinajstić information content (AvgIpc) is 2.30. The first-order chi connectivity index (χ1) is 8.99. The van der Waals surface area contributed by atoms with Crippen LogP contribution in [0.25, 0.3) is 0 Å². The maximum atomic E-state index is 13.5. The molecule has 100 valence electrons. The first-order valence-electron chi connectivity index (χ1n) is 6.11. The molecule has 0 spiro atoms. The maximum Gasteiger partial charge on any atom is 0.256 e. The van der Waals surface area contributed by atoms with E-state index in [9.17, 15) is 9.18 Å². The minimum Gasteiger partial charge on any atom is -0.383 e.